The minimum atomic E-state index is -0.855. The zero-order chi connectivity index (χ0) is 9.53. The molecule has 1 unspecified atom stereocenters. The van der Waals surface area contributed by atoms with Crippen LogP contribution in [0.3, 0.4) is 0 Å². The van der Waals surface area contributed by atoms with Gasteiger partial charge in [0.1, 0.15) is 5.67 Å². The molecule has 2 aliphatic rings. The van der Waals surface area contributed by atoms with Gasteiger partial charge >= 0.3 is 0 Å². The molecule has 1 atom stereocenters. The molecule has 2 fully saturated rings. The third-order valence-corrected chi connectivity index (χ3v) is 3.94. The topological polar surface area (TPSA) is 12.0 Å². The van der Waals surface area contributed by atoms with Gasteiger partial charge in [-0.1, -0.05) is 13.8 Å². The van der Waals surface area contributed by atoms with Crippen LogP contribution < -0.4 is 5.32 Å². The summed E-state index contributed by atoms with van der Waals surface area (Å²) in [5.41, 5.74) is -0.453. The Morgan fingerprint density at radius 1 is 1.31 bits per heavy atom. The van der Waals surface area contributed by atoms with Crippen LogP contribution in [0.25, 0.3) is 0 Å². The molecule has 0 aromatic carbocycles. The minimum absolute atomic E-state index is 0.403. The van der Waals surface area contributed by atoms with Gasteiger partial charge in [0.2, 0.25) is 0 Å². The van der Waals surface area contributed by atoms with Gasteiger partial charge in [-0.15, -0.1) is 0 Å². The van der Waals surface area contributed by atoms with E-state index in [1.165, 1.54) is 12.8 Å². The predicted molar refractivity (Wildman–Crippen MR) is 52.5 cm³/mol. The lowest BCUT2D eigenvalue weighted by Gasteiger charge is -2.47. The lowest BCUT2D eigenvalue weighted by atomic mass is 9.67. The van der Waals surface area contributed by atoms with Crippen molar-refractivity contribution in [3.8, 4) is 0 Å². The summed E-state index contributed by atoms with van der Waals surface area (Å²) >= 11 is 0. The molecule has 0 radical (unpaired) electrons. The van der Waals surface area contributed by atoms with Gasteiger partial charge in [-0.2, -0.15) is 0 Å². The quantitative estimate of drug-likeness (QED) is 0.712. The predicted octanol–water partition coefficient (Wildman–Crippen LogP) is 2.66. The van der Waals surface area contributed by atoms with Crippen molar-refractivity contribution in [1.82, 2.24) is 5.32 Å². The van der Waals surface area contributed by atoms with Crippen molar-refractivity contribution in [1.29, 1.82) is 0 Å². The second kappa shape index (κ2) is 2.94. The Kier molecular flexibility index (Phi) is 2.14. The van der Waals surface area contributed by atoms with Crippen LogP contribution >= 0.6 is 0 Å². The fraction of sp³-hybridized carbons (Fsp3) is 1.00. The van der Waals surface area contributed by atoms with E-state index in [1.807, 2.05) is 0 Å². The van der Waals surface area contributed by atoms with Crippen LogP contribution in [0.1, 0.15) is 46.0 Å². The van der Waals surface area contributed by atoms with Gasteiger partial charge in [-0.05, 0) is 37.5 Å². The number of rotatable bonds is 3. The summed E-state index contributed by atoms with van der Waals surface area (Å²) in [7, 11) is 0. The molecule has 13 heavy (non-hydrogen) atoms. The van der Waals surface area contributed by atoms with Gasteiger partial charge in [-0.25, -0.2) is 4.39 Å². The molecule has 2 rings (SSSR count). The first-order chi connectivity index (χ1) is 6.02. The SMILES string of the molecule is CC1(C)CCC1NCC1(F)CCC1. The van der Waals surface area contributed by atoms with E-state index in [2.05, 4.69) is 19.2 Å². The fourth-order valence-electron chi connectivity index (χ4n) is 2.29. The summed E-state index contributed by atoms with van der Waals surface area (Å²) in [4.78, 5) is 0. The number of hydrogen-bond acceptors (Lipinski definition) is 1. The largest absolute Gasteiger partial charge is 0.310 e. The average Bonchev–Trinajstić information content (AvgIpc) is 2.00. The number of alkyl halides is 1. The van der Waals surface area contributed by atoms with Crippen LogP contribution in [0.5, 0.6) is 0 Å². The number of nitrogens with one attached hydrogen (secondary N) is 1. The van der Waals surface area contributed by atoms with Gasteiger partial charge in [0, 0.05) is 12.6 Å². The van der Waals surface area contributed by atoms with E-state index in [1.54, 1.807) is 0 Å². The molecule has 0 spiro atoms. The summed E-state index contributed by atoms with van der Waals surface area (Å²) in [6, 6.07) is 0.556. The molecular weight excluding hydrogens is 165 g/mol. The van der Waals surface area contributed by atoms with Gasteiger partial charge in [0.05, 0.1) is 0 Å². The summed E-state index contributed by atoms with van der Waals surface area (Å²) < 4.78 is 13.6. The molecule has 0 aliphatic heterocycles. The zero-order valence-electron chi connectivity index (χ0n) is 8.70. The molecule has 1 N–H and O–H groups in total. The molecule has 1 nitrogen and oxygen atoms in total. The Labute approximate surface area is 80.1 Å². The molecule has 2 aliphatic carbocycles. The number of halogens is 1. The average molecular weight is 185 g/mol. The highest BCUT2D eigenvalue weighted by molar-refractivity contribution is 4.97. The first-order valence-corrected chi connectivity index (χ1v) is 5.44. The van der Waals surface area contributed by atoms with E-state index in [0.29, 0.717) is 18.0 Å². The van der Waals surface area contributed by atoms with Crippen molar-refractivity contribution in [3.05, 3.63) is 0 Å². The van der Waals surface area contributed by atoms with Crippen molar-refractivity contribution >= 4 is 0 Å². The maximum Gasteiger partial charge on any atom is 0.123 e. The standard InChI is InChI=1S/C11H20FN/c1-10(2)7-4-9(10)13-8-11(12)5-3-6-11/h9,13H,3-8H2,1-2H3. The van der Waals surface area contributed by atoms with Gasteiger partial charge in [0.25, 0.3) is 0 Å². The van der Waals surface area contributed by atoms with Crippen LogP contribution in [0.2, 0.25) is 0 Å². The molecule has 2 saturated carbocycles. The third-order valence-electron chi connectivity index (χ3n) is 3.94. The van der Waals surface area contributed by atoms with Crippen molar-refractivity contribution in [3.63, 3.8) is 0 Å². The second-order valence-electron chi connectivity index (χ2n) is 5.47. The summed E-state index contributed by atoms with van der Waals surface area (Å²) in [5.74, 6) is 0. The summed E-state index contributed by atoms with van der Waals surface area (Å²) in [6.07, 6.45) is 5.12. The van der Waals surface area contributed by atoms with E-state index in [-0.39, 0.29) is 0 Å². The normalized spacial score (nSPS) is 34.8. The molecule has 0 amide bonds. The molecule has 0 aromatic rings. The highest BCUT2D eigenvalue weighted by Gasteiger charge is 2.42. The monoisotopic (exact) mass is 185 g/mol. The molecule has 0 heterocycles. The molecule has 0 bridgehead atoms. The Morgan fingerprint density at radius 2 is 2.00 bits per heavy atom. The Morgan fingerprint density at radius 3 is 2.31 bits per heavy atom. The van der Waals surface area contributed by atoms with Crippen LogP contribution in [0.15, 0.2) is 0 Å². The molecule has 0 saturated heterocycles. The van der Waals surface area contributed by atoms with E-state index in [4.69, 9.17) is 0 Å². The molecular formula is C11H20FN. The van der Waals surface area contributed by atoms with E-state index < -0.39 is 5.67 Å². The van der Waals surface area contributed by atoms with Crippen LogP contribution in [-0.4, -0.2) is 18.3 Å². The fourth-order valence-corrected chi connectivity index (χ4v) is 2.29. The zero-order valence-corrected chi connectivity index (χ0v) is 8.70. The number of hydrogen-bond donors (Lipinski definition) is 1. The van der Waals surface area contributed by atoms with E-state index in [0.717, 1.165) is 19.3 Å². The van der Waals surface area contributed by atoms with Gasteiger partial charge in [0.15, 0.2) is 0 Å². The van der Waals surface area contributed by atoms with Crippen molar-refractivity contribution in [2.24, 2.45) is 5.41 Å². The summed E-state index contributed by atoms with van der Waals surface area (Å²) in [6.45, 7) is 5.11. The van der Waals surface area contributed by atoms with Crippen LogP contribution in [-0.2, 0) is 0 Å². The molecule has 2 heteroatoms. The highest BCUT2D eigenvalue weighted by atomic mass is 19.1. The Balaban J connectivity index is 1.74. The van der Waals surface area contributed by atoms with Gasteiger partial charge in [-0.3, -0.25) is 0 Å². The van der Waals surface area contributed by atoms with Crippen molar-refractivity contribution in [2.45, 2.75) is 57.7 Å². The van der Waals surface area contributed by atoms with Crippen LogP contribution in [0.4, 0.5) is 4.39 Å². The lowest BCUT2D eigenvalue weighted by Crippen LogP contribution is -2.54. The van der Waals surface area contributed by atoms with Gasteiger partial charge < -0.3 is 5.32 Å². The molecule has 0 aromatic heterocycles. The van der Waals surface area contributed by atoms with Crippen molar-refractivity contribution < 1.29 is 4.39 Å². The van der Waals surface area contributed by atoms with Crippen LogP contribution in [0, 0.1) is 5.41 Å². The first kappa shape index (κ1) is 9.45. The summed E-state index contributed by atoms with van der Waals surface area (Å²) in [5, 5.41) is 3.38. The molecule has 76 valence electrons. The Bertz CT molecular complexity index is 196. The maximum atomic E-state index is 13.6. The Hall–Kier alpha value is -0.110. The maximum absolute atomic E-state index is 13.6. The van der Waals surface area contributed by atoms with Crippen molar-refractivity contribution in [2.75, 3.05) is 6.54 Å². The second-order valence-corrected chi connectivity index (χ2v) is 5.47. The third kappa shape index (κ3) is 1.74. The van der Waals surface area contributed by atoms with E-state index >= 15 is 0 Å². The first-order valence-electron chi connectivity index (χ1n) is 5.44. The highest BCUT2D eigenvalue weighted by Crippen LogP contribution is 2.41. The van der Waals surface area contributed by atoms with E-state index in [9.17, 15) is 4.39 Å². The lowest BCUT2D eigenvalue weighted by molar-refractivity contribution is 0.0342. The smallest absolute Gasteiger partial charge is 0.123 e. The minimum Gasteiger partial charge on any atom is -0.310 e.